The van der Waals surface area contributed by atoms with E-state index >= 15 is 0 Å². The van der Waals surface area contributed by atoms with Crippen LogP contribution in [0.5, 0.6) is 0 Å². The van der Waals surface area contributed by atoms with Crippen molar-refractivity contribution in [1.29, 1.82) is 0 Å². The summed E-state index contributed by atoms with van der Waals surface area (Å²) >= 11 is 0. The highest BCUT2D eigenvalue weighted by Crippen LogP contribution is 2.18. The molecule has 2 rings (SSSR count). The number of aliphatic hydroxyl groups excluding tert-OH is 1. The number of benzene rings is 1. The van der Waals surface area contributed by atoms with Gasteiger partial charge < -0.3 is 15.7 Å². The van der Waals surface area contributed by atoms with Gasteiger partial charge in [-0.15, -0.1) is 24.0 Å². The van der Waals surface area contributed by atoms with Crippen molar-refractivity contribution in [2.24, 2.45) is 4.99 Å². The first kappa shape index (κ1) is 24.1. The summed E-state index contributed by atoms with van der Waals surface area (Å²) in [4.78, 5) is 4.38. The molecule has 154 valence electrons. The van der Waals surface area contributed by atoms with Gasteiger partial charge in [0.1, 0.15) is 0 Å². The summed E-state index contributed by atoms with van der Waals surface area (Å²) in [6, 6.07) is 9.70. The minimum Gasteiger partial charge on any atom is -0.393 e. The molecule has 0 amide bonds. The third-order valence-electron chi connectivity index (χ3n) is 4.35. The van der Waals surface area contributed by atoms with Gasteiger partial charge in [0.25, 0.3) is 0 Å². The summed E-state index contributed by atoms with van der Waals surface area (Å²) in [6.07, 6.45) is 3.16. The van der Waals surface area contributed by atoms with Crippen LogP contribution in [0, 0.1) is 0 Å². The van der Waals surface area contributed by atoms with Crippen molar-refractivity contribution in [3.05, 3.63) is 35.9 Å². The smallest absolute Gasteiger partial charge is 0.213 e. The molecule has 1 aliphatic rings. The second kappa shape index (κ2) is 12.5. The highest BCUT2D eigenvalue weighted by molar-refractivity contribution is 14.0. The van der Waals surface area contributed by atoms with Crippen molar-refractivity contribution in [1.82, 2.24) is 15.4 Å². The number of aliphatic hydroxyl groups is 1. The van der Waals surface area contributed by atoms with Crippen LogP contribution in [0.3, 0.4) is 0 Å². The van der Waals surface area contributed by atoms with Crippen molar-refractivity contribution in [2.75, 3.05) is 18.8 Å². The van der Waals surface area contributed by atoms with Gasteiger partial charge in [-0.1, -0.05) is 30.3 Å². The van der Waals surface area contributed by atoms with E-state index in [0.717, 1.165) is 31.2 Å². The number of nitrogens with zero attached hydrogens (tertiary/aromatic N) is 1. The summed E-state index contributed by atoms with van der Waals surface area (Å²) in [7, 11) is -3.38. The minimum atomic E-state index is -3.38. The third-order valence-corrected chi connectivity index (χ3v) is 5.65. The molecule has 1 aromatic rings. The number of aliphatic imine (C=N–C) groups is 1. The maximum atomic E-state index is 12.1. The van der Waals surface area contributed by atoms with Gasteiger partial charge in [0.05, 0.1) is 18.4 Å². The second-order valence-corrected chi connectivity index (χ2v) is 8.46. The van der Waals surface area contributed by atoms with Gasteiger partial charge in [0, 0.05) is 19.1 Å². The standard InChI is InChI=1S/C18H30N4O3S.HI/c1-2-19-18(22-16-8-10-17(23)11-9-16)20-12-13-26(24,25)21-14-15-6-4-3-5-7-15;/h3-7,16-17,21,23H,2,8-14H2,1H3,(H2,19,20,22);1H. The lowest BCUT2D eigenvalue weighted by atomic mass is 9.93. The van der Waals surface area contributed by atoms with E-state index in [9.17, 15) is 13.5 Å². The molecule has 1 aliphatic carbocycles. The zero-order valence-electron chi connectivity index (χ0n) is 15.7. The predicted octanol–water partition coefficient (Wildman–Crippen LogP) is 1.58. The molecule has 0 saturated heterocycles. The Morgan fingerprint density at radius 1 is 1.19 bits per heavy atom. The van der Waals surface area contributed by atoms with Gasteiger partial charge in [-0.05, 0) is 38.2 Å². The number of halogens is 1. The van der Waals surface area contributed by atoms with Crippen LogP contribution in [0.4, 0.5) is 0 Å². The Balaban J connectivity index is 0.00000364. The van der Waals surface area contributed by atoms with Crippen LogP contribution in [0.15, 0.2) is 35.3 Å². The molecular weight excluding hydrogens is 479 g/mol. The van der Waals surface area contributed by atoms with E-state index < -0.39 is 10.0 Å². The number of rotatable bonds is 8. The second-order valence-electron chi connectivity index (χ2n) is 6.54. The van der Waals surface area contributed by atoms with Gasteiger partial charge >= 0.3 is 0 Å². The zero-order valence-corrected chi connectivity index (χ0v) is 18.9. The van der Waals surface area contributed by atoms with Gasteiger partial charge in [0.15, 0.2) is 5.96 Å². The monoisotopic (exact) mass is 510 g/mol. The number of hydrogen-bond donors (Lipinski definition) is 4. The maximum Gasteiger partial charge on any atom is 0.213 e. The predicted molar refractivity (Wildman–Crippen MR) is 120 cm³/mol. The van der Waals surface area contributed by atoms with Crippen molar-refractivity contribution >= 4 is 40.0 Å². The minimum absolute atomic E-state index is 0. The highest BCUT2D eigenvalue weighted by atomic mass is 127. The summed E-state index contributed by atoms with van der Waals surface area (Å²) in [5.41, 5.74) is 0.925. The fourth-order valence-corrected chi connectivity index (χ4v) is 3.74. The van der Waals surface area contributed by atoms with Gasteiger partial charge in [-0.3, -0.25) is 4.99 Å². The first-order valence-electron chi connectivity index (χ1n) is 9.22. The zero-order chi connectivity index (χ0) is 18.8. The molecule has 1 saturated carbocycles. The average molecular weight is 510 g/mol. The van der Waals surface area contributed by atoms with Gasteiger partial charge in [-0.2, -0.15) is 0 Å². The number of sulfonamides is 1. The lowest BCUT2D eigenvalue weighted by Crippen LogP contribution is -2.45. The largest absolute Gasteiger partial charge is 0.393 e. The Hall–Kier alpha value is -0.910. The molecule has 0 atom stereocenters. The first-order valence-corrected chi connectivity index (χ1v) is 10.9. The number of hydrogen-bond acceptors (Lipinski definition) is 4. The van der Waals surface area contributed by atoms with Crippen LogP contribution < -0.4 is 15.4 Å². The van der Waals surface area contributed by atoms with Gasteiger partial charge in [-0.25, -0.2) is 13.1 Å². The number of guanidine groups is 1. The van der Waals surface area contributed by atoms with E-state index in [1.165, 1.54) is 0 Å². The molecule has 0 aromatic heterocycles. The highest BCUT2D eigenvalue weighted by Gasteiger charge is 2.20. The normalized spacial score (nSPS) is 20.6. The van der Waals surface area contributed by atoms with E-state index in [1.54, 1.807) is 0 Å². The molecule has 0 aliphatic heterocycles. The topological polar surface area (TPSA) is 103 Å². The van der Waals surface area contributed by atoms with Crippen LogP contribution in [0.2, 0.25) is 0 Å². The maximum absolute atomic E-state index is 12.1. The fourth-order valence-electron chi connectivity index (χ4n) is 2.87. The van der Waals surface area contributed by atoms with Crippen molar-refractivity contribution in [2.45, 2.75) is 51.3 Å². The van der Waals surface area contributed by atoms with E-state index in [-0.39, 0.29) is 55.0 Å². The lowest BCUT2D eigenvalue weighted by Gasteiger charge is -2.27. The lowest BCUT2D eigenvalue weighted by molar-refractivity contribution is 0.120. The quantitative estimate of drug-likeness (QED) is 0.242. The Kier molecular flexibility index (Phi) is 11.2. The van der Waals surface area contributed by atoms with E-state index in [1.807, 2.05) is 37.3 Å². The Morgan fingerprint density at radius 2 is 1.85 bits per heavy atom. The Labute approximate surface area is 179 Å². The van der Waals surface area contributed by atoms with Crippen LogP contribution in [-0.2, 0) is 16.6 Å². The first-order chi connectivity index (χ1) is 12.5. The van der Waals surface area contributed by atoms with Crippen molar-refractivity contribution < 1.29 is 13.5 Å². The van der Waals surface area contributed by atoms with Crippen LogP contribution in [0.25, 0.3) is 0 Å². The SMILES string of the molecule is CCNC(=NCCS(=O)(=O)NCc1ccccc1)NC1CCC(O)CC1.I. The molecular formula is C18H31IN4O3S. The molecule has 0 radical (unpaired) electrons. The van der Waals surface area contributed by atoms with Crippen molar-refractivity contribution in [3.8, 4) is 0 Å². The summed E-state index contributed by atoms with van der Waals surface area (Å²) in [6.45, 7) is 3.16. The van der Waals surface area contributed by atoms with Crippen LogP contribution >= 0.6 is 24.0 Å². The molecule has 9 heteroatoms. The number of nitrogens with one attached hydrogen (secondary N) is 3. The Morgan fingerprint density at radius 3 is 2.48 bits per heavy atom. The van der Waals surface area contributed by atoms with E-state index in [4.69, 9.17) is 0 Å². The molecule has 0 bridgehead atoms. The average Bonchev–Trinajstić information content (AvgIpc) is 2.63. The summed E-state index contributed by atoms with van der Waals surface area (Å²) in [5.74, 6) is 0.576. The summed E-state index contributed by atoms with van der Waals surface area (Å²) < 4.78 is 26.8. The molecule has 7 nitrogen and oxygen atoms in total. The summed E-state index contributed by atoms with van der Waals surface area (Å²) in [5, 5.41) is 16.1. The van der Waals surface area contributed by atoms with Gasteiger partial charge in [0.2, 0.25) is 10.0 Å². The van der Waals surface area contributed by atoms with Crippen LogP contribution in [0.1, 0.15) is 38.2 Å². The molecule has 27 heavy (non-hydrogen) atoms. The molecule has 0 spiro atoms. The Bertz CT molecular complexity index is 662. The third kappa shape index (κ3) is 9.72. The van der Waals surface area contributed by atoms with Crippen LogP contribution in [-0.4, -0.2) is 50.5 Å². The molecule has 0 heterocycles. The van der Waals surface area contributed by atoms with Crippen molar-refractivity contribution in [3.63, 3.8) is 0 Å². The molecule has 1 aromatic carbocycles. The van der Waals surface area contributed by atoms with E-state index in [0.29, 0.717) is 12.5 Å². The molecule has 4 N–H and O–H groups in total. The molecule has 0 unspecified atom stereocenters. The molecule has 1 fully saturated rings. The van der Waals surface area contributed by atoms with E-state index in [2.05, 4.69) is 20.3 Å². The fraction of sp³-hybridized carbons (Fsp3) is 0.611.